The molecule has 0 unspecified atom stereocenters. The average molecular weight is 352 g/mol. The van der Waals surface area contributed by atoms with Gasteiger partial charge in [0, 0.05) is 25.2 Å². The van der Waals surface area contributed by atoms with Gasteiger partial charge in [0.25, 0.3) is 5.91 Å². The summed E-state index contributed by atoms with van der Waals surface area (Å²) in [6, 6.07) is 13.6. The molecule has 3 rings (SSSR count). The Bertz CT molecular complexity index is 817. The van der Waals surface area contributed by atoms with Crippen molar-refractivity contribution >= 4 is 17.5 Å². The van der Waals surface area contributed by atoms with Crippen molar-refractivity contribution < 1.29 is 14.3 Å². The van der Waals surface area contributed by atoms with Gasteiger partial charge in [0.1, 0.15) is 5.75 Å². The number of carbonyl (C=O) groups excluding carboxylic acids is 2. The minimum Gasteiger partial charge on any atom is -0.484 e. The summed E-state index contributed by atoms with van der Waals surface area (Å²) in [5.41, 5.74) is 4.28. The molecule has 0 atom stereocenters. The van der Waals surface area contributed by atoms with E-state index in [2.05, 4.69) is 11.4 Å². The van der Waals surface area contributed by atoms with Gasteiger partial charge in [0.05, 0.1) is 0 Å². The van der Waals surface area contributed by atoms with Crippen LogP contribution >= 0.6 is 0 Å². The smallest absolute Gasteiger partial charge is 0.258 e. The number of nitrogens with zero attached hydrogens (tertiary/aromatic N) is 1. The lowest BCUT2D eigenvalue weighted by atomic mass is 10.1. The molecule has 1 N–H and O–H groups in total. The first-order valence-electron chi connectivity index (χ1n) is 8.95. The predicted molar refractivity (Wildman–Crippen MR) is 101 cm³/mol. The molecule has 2 amide bonds. The molecule has 0 saturated heterocycles. The highest BCUT2D eigenvalue weighted by Crippen LogP contribution is 2.29. The van der Waals surface area contributed by atoms with E-state index in [1.165, 1.54) is 0 Å². The Kier molecular flexibility index (Phi) is 5.56. The van der Waals surface area contributed by atoms with Gasteiger partial charge in [-0.2, -0.15) is 0 Å². The van der Waals surface area contributed by atoms with Crippen LogP contribution in [0.2, 0.25) is 0 Å². The minimum atomic E-state index is -0.158. The molecule has 5 heteroatoms. The molecule has 2 aromatic rings. The highest BCUT2D eigenvalue weighted by molar-refractivity contribution is 5.95. The summed E-state index contributed by atoms with van der Waals surface area (Å²) in [6.45, 7) is 5.04. The summed E-state index contributed by atoms with van der Waals surface area (Å²) < 4.78 is 5.51. The fourth-order valence-electron chi connectivity index (χ4n) is 3.12. The van der Waals surface area contributed by atoms with E-state index in [1.807, 2.05) is 55.1 Å². The topological polar surface area (TPSA) is 58.6 Å². The lowest BCUT2D eigenvalue weighted by Gasteiger charge is -2.16. The molecule has 2 aromatic carbocycles. The molecular formula is C21H24N2O3. The molecule has 0 spiro atoms. The second kappa shape index (κ2) is 8.04. The zero-order valence-electron chi connectivity index (χ0n) is 15.2. The highest BCUT2D eigenvalue weighted by Gasteiger charge is 2.23. The van der Waals surface area contributed by atoms with Gasteiger partial charge >= 0.3 is 0 Å². The number of hydrogen-bond acceptors (Lipinski definition) is 3. The van der Waals surface area contributed by atoms with Gasteiger partial charge < -0.3 is 15.0 Å². The first-order valence-corrected chi connectivity index (χ1v) is 8.95. The molecular weight excluding hydrogens is 328 g/mol. The van der Waals surface area contributed by atoms with Crippen LogP contribution < -0.4 is 15.0 Å². The molecule has 1 aliphatic heterocycles. The third-order valence-corrected chi connectivity index (χ3v) is 4.49. The fourth-order valence-corrected chi connectivity index (χ4v) is 3.12. The maximum absolute atomic E-state index is 12.0. The van der Waals surface area contributed by atoms with Crippen LogP contribution in [-0.2, 0) is 22.6 Å². The molecule has 136 valence electrons. The van der Waals surface area contributed by atoms with E-state index in [1.54, 1.807) is 0 Å². The molecule has 0 fully saturated rings. The van der Waals surface area contributed by atoms with Crippen molar-refractivity contribution in [2.45, 2.75) is 33.2 Å². The largest absolute Gasteiger partial charge is 0.484 e. The number of amides is 2. The van der Waals surface area contributed by atoms with Crippen LogP contribution in [0.15, 0.2) is 42.5 Å². The Morgan fingerprint density at radius 3 is 2.81 bits per heavy atom. The van der Waals surface area contributed by atoms with Crippen LogP contribution in [-0.4, -0.2) is 25.0 Å². The monoisotopic (exact) mass is 352 g/mol. The van der Waals surface area contributed by atoms with Gasteiger partial charge in [-0.3, -0.25) is 9.59 Å². The van der Waals surface area contributed by atoms with Crippen LogP contribution in [0.5, 0.6) is 5.75 Å². The van der Waals surface area contributed by atoms with Gasteiger partial charge in [-0.15, -0.1) is 0 Å². The number of rotatable bonds is 6. The SMILES string of the molecule is CCC(=O)N1CCc2cc(CNC(=O)COc3cccc(C)c3)ccc21. The Morgan fingerprint density at radius 1 is 1.19 bits per heavy atom. The van der Waals surface area contributed by atoms with Crippen LogP contribution in [0.4, 0.5) is 5.69 Å². The van der Waals surface area contributed by atoms with Crippen LogP contribution in [0.25, 0.3) is 0 Å². The number of ether oxygens (including phenoxy) is 1. The van der Waals surface area contributed by atoms with Crippen molar-refractivity contribution in [2.24, 2.45) is 0 Å². The lowest BCUT2D eigenvalue weighted by molar-refractivity contribution is -0.123. The van der Waals surface area contributed by atoms with Crippen LogP contribution in [0.1, 0.15) is 30.0 Å². The molecule has 0 bridgehead atoms. The summed E-state index contributed by atoms with van der Waals surface area (Å²) in [5.74, 6) is 0.686. The van der Waals surface area contributed by atoms with Crippen molar-refractivity contribution in [3.05, 3.63) is 59.2 Å². The average Bonchev–Trinajstić information content (AvgIpc) is 3.07. The Labute approximate surface area is 154 Å². The van der Waals surface area contributed by atoms with Crippen molar-refractivity contribution in [1.82, 2.24) is 5.32 Å². The van der Waals surface area contributed by atoms with E-state index >= 15 is 0 Å². The van der Waals surface area contributed by atoms with E-state index in [9.17, 15) is 9.59 Å². The number of fused-ring (bicyclic) bond motifs is 1. The summed E-state index contributed by atoms with van der Waals surface area (Å²) in [4.78, 5) is 25.8. The zero-order chi connectivity index (χ0) is 18.5. The fraction of sp³-hybridized carbons (Fsp3) is 0.333. The maximum Gasteiger partial charge on any atom is 0.258 e. The number of carbonyl (C=O) groups is 2. The summed E-state index contributed by atoms with van der Waals surface area (Å²) >= 11 is 0. The normalized spacial score (nSPS) is 12.6. The van der Waals surface area contributed by atoms with E-state index < -0.39 is 0 Å². The quantitative estimate of drug-likeness (QED) is 0.869. The molecule has 0 saturated carbocycles. The van der Waals surface area contributed by atoms with E-state index in [0.29, 0.717) is 18.7 Å². The van der Waals surface area contributed by atoms with Crippen molar-refractivity contribution in [3.8, 4) is 5.75 Å². The summed E-state index contributed by atoms with van der Waals surface area (Å²) in [6.07, 6.45) is 1.37. The predicted octanol–water partition coefficient (Wildman–Crippen LogP) is 2.99. The Morgan fingerprint density at radius 2 is 2.04 bits per heavy atom. The molecule has 1 heterocycles. The lowest BCUT2D eigenvalue weighted by Crippen LogP contribution is -2.28. The van der Waals surface area contributed by atoms with Crippen molar-refractivity contribution in [3.63, 3.8) is 0 Å². The Balaban J connectivity index is 1.52. The number of hydrogen-bond donors (Lipinski definition) is 1. The molecule has 0 aliphatic carbocycles. The molecule has 5 nitrogen and oxygen atoms in total. The summed E-state index contributed by atoms with van der Waals surface area (Å²) in [7, 11) is 0. The molecule has 26 heavy (non-hydrogen) atoms. The second-order valence-electron chi connectivity index (χ2n) is 6.49. The van der Waals surface area contributed by atoms with E-state index in [0.717, 1.165) is 35.3 Å². The van der Waals surface area contributed by atoms with Gasteiger partial charge in [0.2, 0.25) is 5.91 Å². The first kappa shape index (κ1) is 18.0. The molecule has 0 radical (unpaired) electrons. The molecule has 0 aromatic heterocycles. The third-order valence-electron chi connectivity index (χ3n) is 4.49. The standard InChI is InChI=1S/C21H24N2O3/c1-3-21(25)23-10-9-17-12-16(7-8-19(17)23)13-22-20(24)14-26-18-6-4-5-15(2)11-18/h4-8,11-12H,3,9-10,13-14H2,1-2H3,(H,22,24). The zero-order valence-corrected chi connectivity index (χ0v) is 15.2. The second-order valence-corrected chi connectivity index (χ2v) is 6.49. The van der Waals surface area contributed by atoms with E-state index in [-0.39, 0.29) is 18.4 Å². The molecule has 1 aliphatic rings. The first-order chi connectivity index (χ1) is 12.6. The Hall–Kier alpha value is -2.82. The van der Waals surface area contributed by atoms with Gasteiger partial charge in [-0.1, -0.05) is 31.2 Å². The number of anilines is 1. The summed E-state index contributed by atoms with van der Waals surface area (Å²) in [5, 5.41) is 2.88. The van der Waals surface area contributed by atoms with Crippen molar-refractivity contribution in [1.29, 1.82) is 0 Å². The van der Waals surface area contributed by atoms with Crippen molar-refractivity contribution in [2.75, 3.05) is 18.1 Å². The maximum atomic E-state index is 12.0. The van der Waals surface area contributed by atoms with E-state index in [4.69, 9.17) is 4.74 Å². The van der Waals surface area contributed by atoms with Gasteiger partial charge in [-0.25, -0.2) is 0 Å². The van der Waals surface area contributed by atoms with Gasteiger partial charge in [-0.05, 0) is 48.2 Å². The number of nitrogens with one attached hydrogen (secondary N) is 1. The number of benzene rings is 2. The minimum absolute atomic E-state index is 0.00677. The highest BCUT2D eigenvalue weighted by atomic mass is 16.5. The van der Waals surface area contributed by atoms with Gasteiger partial charge in [0.15, 0.2) is 6.61 Å². The van der Waals surface area contributed by atoms with Crippen LogP contribution in [0, 0.1) is 6.92 Å². The number of aryl methyl sites for hydroxylation is 1. The van der Waals surface area contributed by atoms with Crippen LogP contribution in [0.3, 0.4) is 0 Å². The third kappa shape index (κ3) is 4.23.